The molecule has 2 aromatic rings. The average Bonchev–Trinajstić information content (AvgIpc) is 3.36. The van der Waals surface area contributed by atoms with E-state index >= 15 is 0 Å². The van der Waals surface area contributed by atoms with Crippen molar-refractivity contribution in [1.82, 2.24) is 14.7 Å². The number of nitrogens with zero attached hydrogens (tertiary/aromatic N) is 3. The van der Waals surface area contributed by atoms with Gasteiger partial charge in [0.05, 0.1) is 11.5 Å². The minimum Gasteiger partial charge on any atom is -0.383 e. The minimum atomic E-state index is 0.118. The maximum absolute atomic E-state index is 13.5. The minimum absolute atomic E-state index is 0.118. The van der Waals surface area contributed by atoms with Gasteiger partial charge in [0.15, 0.2) is 0 Å². The van der Waals surface area contributed by atoms with Gasteiger partial charge in [0.1, 0.15) is 0 Å². The smallest absolute Gasteiger partial charge is 0.264 e. The van der Waals surface area contributed by atoms with Crippen LogP contribution in [0.25, 0.3) is 10.1 Å². The van der Waals surface area contributed by atoms with Gasteiger partial charge in [-0.05, 0) is 23.4 Å². The van der Waals surface area contributed by atoms with Crippen LogP contribution in [0.15, 0.2) is 24.3 Å². The zero-order valence-electron chi connectivity index (χ0n) is 17.2. The molecule has 2 saturated heterocycles. The molecular weight excluding hydrogens is 386 g/mol. The van der Waals surface area contributed by atoms with Crippen LogP contribution in [0.5, 0.6) is 0 Å². The SMILES string of the molecule is COCCN1CCN(C(=O)c2sc3ccccc3c2[C@@H]2CCN(C(C)=O)C2)CC1. The Morgan fingerprint density at radius 2 is 1.86 bits per heavy atom. The molecule has 1 aromatic heterocycles. The van der Waals surface area contributed by atoms with Crippen molar-refractivity contribution >= 4 is 33.2 Å². The van der Waals surface area contributed by atoms with Gasteiger partial charge in [-0.2, -0.15) is 0 Å². The monoisotopic (exact) mass is 415 g/mol. The van der Waals surface area contributed by atoms with E-state index in [2.05, 4.69) is 17.0 Å². The second kappa shape index (κ2) is 8.81. The Morgan fingerprint density at radius 1 is 1.10 bits per heavy atom. The predicted octanol–water partition coefficient (Wildman–Crippen LogP) is 2.64. The standard InChI is InChI=1S/C22H29N3O3S/c1-16(26)25-8-7-17(15-25)20-18-5-3-4-6-19(18)29-21(20)22(27)24-11-9-23(10-12-24)13-14-28-2/h3-6,17H,7-15H2,1-2H3/t17-/m1/s1. The number of methoxy groups -OCH3 is 1. The van der Waals surface area contributed by atoms with Crippen molar-refractivity contribution in [2.75, 3.05) is 59.5 Å². The molecule has 0 N–H and O–H groups in total. The normalized spacial score (nSPS) is 20.6. The molecule has 2 fully saturated rings. The van der Waals surface area contributed by atoms with Crippen LogP contribution in [0, 0.1) is 0 Å². The largest absolute Gasteiger partial charge is 0.383 e. The van der Waals surface area contributed by atoms with Crippen LogP contribution >= 0.6 is 11.3 Å². The lowest BCUT2D eigenvalue weighted by atomic mass is 9.94. The molecule has 7 heteroatoms. The fraction of sp³-hybridized carbons (Fsp3) is 0.545. The molecule has 156 valence electrons. The highest BCUT2D eigenvalue weighted by Gasteiger charge is 2.33. The third-order valence-electron chi connectivity index (χ3n) is 6.14. The van der Waals surface area contributed by atoms with Gasteiger partial charge >= 0.3 is 0 Å². The second-order valence-electron chi connectivity index (χ2n) is 7.92. The number of fused-ring (bicyclic) bond motifs is 1. The van der Waals surface area contributed by atoms with E-state index in [1.807, 2.05) is 21.9 Å². The number of ether oxygens (including phenoxy) is 1. The van der Waals surface area contributed by atoms with E-state index < -0.39 is 0 Å². The van der Waals surface area contributed by atoms with Crippen molar-refractivity contribution in [1.29, 1.82) is 0 Å². The number of carbonyl (C=O) groups is 2. The van der Waals surface area contributed by atoms with Crippen LogP contribution in [-0.4, -0.2) is 86.0 Å². The third kappa shape index (κ3) is 4.17. The van der Waals surface area contributed by atoms with Crippen LogP contribution in [0.2, 0.25) is 0 Å². The highest BCUT2D eigenvalue weighted by Crippen LogP contribution is 2.40. The lowest BCUT2D eigenvalue weighted by Crippen LogP contribution is -2.49. The fourth-order valence-corrected chi connectivity index (χ4v) is 5.71. The first-order chi connectivity index (χ1) is 14.1. The molecule has 0 spiro atoms. The average molecular weight is 416 g/mol. The van der Waals surface area contributed by atoms with Gasteiger partial charge in [0, 0.05) is 70.5 Å². The van der Waals surface area contributed by atoms with Crippen LogP contribution in [0.4, 0.5) is 0 Å². The Balaban J connectivity index is 1.57. The summed E-state index contributed by atoms with van der Waals surface area (Å²) < 4.78 is 6.33. The number of hydrogen-bond acceptors (Lipinski definition) is 5. The maximum atomic E-state index is 13.5. The number of benzene rings is 1. The summed E-state index contributed by atoms with van der Waals surface area (Å²) in [6.07, 6.45) is 0.922. The van der Waals surface area contributed by atoms with E-state index in [1.165, 1.54) is 5.39 Å². The van der Waals surface area contributed by atoms with Crippen molar-refractivity contribution in [3.63, 3.8) is 0 Å². The summed E-state index contributed by atoms with van der Waals surface area (Å²) in [6, 6.07) is 8.29. The first-order valence-electron chi connectivity index (χ1n) is 10.4. The van der Waals surface area contributed by atoms with E-state index in [-0.39, 0.29) is 17.7 Å². The third-order valence-corrected chi connectivity index (χ3v) is 7.32. The number of rotatable bonds is 5. The first-order valence-corrected chi connectivity index (χ1v) is 11.2. The lowest BCUT2D eigenvalue weighted by molar-refractivity contribution is -0.127. The van der Waals surface area contributed by atoms with Crippen molar-refractivity contribution in [3.05, 3.63) is 34.7 Å². The highest BCUT2D eigenvalue weighted by atomic mass is 32.1. The van der Waals surface area contributed by atoms with E-state index in [1.54, 1.807) is 25.4 Å². The molecule has 3 heterocycles. The number of piperazine rings is 1. The molecule has 2 amide bonds. The highest BCUT2D eigenvalue weighted by molar-refractivity contribution is 7.21. The first kappa shape index (κ1) is 20.3. The van der Waals surface area contributed by atoms with Gasteiger partial charge in [0.25, 0.3) is 5.91 Å². The number of thiophene rings is 1. The molecule has 0 radical (unpaired) electrons. The van der Waals surface area contributed by atoms with Gasteiger partial charge in [0.2, 0.25) is 5.91 Å². The molecule has 0 saturated carbocycles. The molecule has 1 aromatic carbocycles. The Bertz CT molecular complexity index is 889. The van der Waals surface area contributed by atoms with Crippen LogP contribution in [0.3, 0.4) is 0 Å². The summed E-state index contributed by atoms with van der Waals surface area (Å²) >= 11 is 1.61. The summed E-state index contributed by atoms with van der Waals surface area (Å²) in [5.74, 6) is 0.498. The maximum Gasteiger partial charge on any atom is 0.264 e. The van der Waals surface area contributed by atoms with Crippen LogP contribution in [0.1, 0.15) is 34.5 Å². The van der Waals surface area contributed by atoms with E-state index in [9.17, 15) is 9.59 Å². The predicted molar refractivity (Wildman–Crippen MR) is 116 cm³/mol. The summed E-state index contributed by atoms with van der Waals surface area (Å²) in [6.45, 7) is 8.02. The topological polar surface area (TPSA) is 53.1 Å². The van der Waals surface area contributed by atoms with Crippen molar-refractivity contribution in [2.45, 2.75) is 19.3 Å². The molecule has 29 heavy (non-hydrogen) atoms. The van der Waals surface area contributed by atoms with Gasteiger partial charge in [-0.3, -0.25) is 14.5 Å². The lowest BCUT2D eigenvalue weighted by Gasteiger charge is -2.34. The van der Waals surface area contributed by atoms with Gasteiger partial charge < -0.3 is 14.5 Å². The van der Waals surface area contributed by atoms with Gasteiger partial charge in [-0.15, -0.1) is 11.3 Å². The Morgan fingerprint density at radius 3 is 2.55 bits per heavy atom. The molecule has 1 atom stereocenters. The molecule has 6 nitrogen and oxygen atoms in total. The van der Waals surface area contributed by atoms with E-state index in [0.29, 0.717) is 6.54 Å². The van der Waals surface area contributed by atoms with Gasteiger partial charge in [-0.1, -0.05) is 18.2 Å². The summed E-state index contributed by atoms with van der Waals surface area (Å²) in [4.78, 5) is 32.4. The van der Waals surface area contributed by atoms with Crippen molar-refractivity contribution < 1.29 is 14.3 Å². The Hall–Kier alpha value is -1.96. The zero-order chi connectivity index (χ0) is 20.4. The zero-order valence-corrected chi connectivity index (χ0v) is 18.0. The van der Waals surface area contributed by atoms with Crippen LogP contribution in [-0.2, 0) is 9.53 Å². The van der Waals surface area contributed by atoms with Crippen molar-refractivity contribution in [2.24, 2.45) is 0 Å². The van der Waals surface area contributed by atoms with E-state index in [4.69, 9.17) is 4.74 Å². The number of likely N-dealkylation sites (tertiary alicyclic amines) is 1. The second-order valence-corrected chi connectivity index (χ2v) is 8.97. The number of hydrogen-bond donors (Lipinski definition) is 0. The van der Waals surface area contributed by atoms with Crippen molar-refractivity contribution in [3.8, 4) is 0 Å². The molecular formula is C22H29N3O3S. The van der Waals surface area contributed by atoms with Gasteiger partial charge in [-0.25, -0.2) is 0 Å². The summed E-state index contributed by atoms with van der Waals surface area (Å²) in [5.41, 5.74) is 1.15. The molecule has 0 bridgehead atoms. The summed E-state index contributed by atoms with van der Waals surface area (Å²) in [5, 5.41) is 1.18. The molecule has 2 aliphatic rings. The summed E-state index contributed by atoms with van der Waals surface area (Å²) in [7, 11) is 1.72. The van der Waals surface area contributed by atoms with E-state index in [0.717, 1.165) is 67.4 Å². The quantitative estimate of drug-likeness (QED) is 0.753. The molecule has 0 unspecified atom stereocenters. The Kier molecular flexibility index (Phi) is 6.18. The number of carbonyl (C=O) groups excluding carboxylic acids is 2. The fourth-order valence-electron chi connectivity index (χ4n) is 4.45. The molecule has 2 aliphatic heterocycles. The molecule has 0 aliphatic carbocycles. The Labute approximate surface area is 176 Å². The molecule has 4 rings (SSSR count). The number of amides is 2. The van der Waals surface area contributed by atoms with Crippen LogP contribution < -0.4 is 0 Å².